The van der Waals surface area contributed by atoms with Crippen LogP contribution in [0.25, 0.3) is 0 Å². The van der Waals surface area contributed by atoms with E-state index in [1.54, 1.807) is 0 Å². The number of hydrogen-bond donors (Lipinski definition) is 1. The van der Waals surface area contributed by atoms with Crippen molar-refractivity contribution in [1.29, 1.82) is 0 Å². The average molecular weight is 211 g/mol. The highest BCUT2D eigenvalue weighted by Crippen LogP contribution is 2.48. The van der Waals surface area contributed by atoms with Crippen molar-refractivity contribution in [3.05, 3.63) is 0 Å². The van der Waals surface area contributed by atoms with Crippen LogP contribution in [0.1, 0.15) is 27.7 Å². The van der Waals surface area contributed by atoms with E-state index < -0.39 is 18.1 Å². The van der Waals surface area contributed by atoms with Gasteiger partial charge in [-0.1, -0.05) is 27.7 Å². The maximum absolute atomic E-state index is 11.0. The quantitative estimate of drug-likeness (QED) is 0.730. The van der Waals surface area contributed by atoms with Gasteiger partial charge in [-0.3, -0.25) is 0 Å². The SMILES string of the molecule is CC(C)P(N=S(C)(=O)O)C(C)C. The number of nitrogens with zero attached hydrogens (tertiary/aromatic N) is 1. The molecule has 0 fully saturated rings. The van der Waals surface area contributed by atoms with Crippen LogP contribution in [0.15, 0.2) is 4.13 Å². The lowest BCUT2D eigenvalue weighted by molar-refractivity contribution is 0.560. The molecule has 0 saturated carbocycles. The summed E-state index contributed by atoms with van der Waals surface area (Å²) in [6.45, 7) is 8.17. The van der Waals surface area contributed by atoms with Crippen molar-refractivity contribution in [1.82, 2.24) is 0 Å². The lowest BCUT2D eigenvalue weighted by Gasteiger charge is -2.20. The molecule has 0 radical (unpaired) electrons. The van der Waals surface area contributed by atoms with Gasteiger partial charge in [-0.15, -0.1) is 0 Å². The van der Waals surface area contributed by atoms with Crippen molar-refractivity contribution >= 4 is 18.1 Å². The third-order valence-corrected chi connectivity index (χ3v) is 5.39. The summed E-state index contributed by atoms with van der Waals surface area (Å²) in [5.74, 6) is 0. The van der Waals surface area contributed by atoms with E-state index in [1.807, 2.05) is 27.7 Å². The summed E-state index contributed by atoms with van der Waals surface area (Å²) in [6.07, 6.45) is 1.27. The van der Waals surface area contributed by atoms with E-state index in [9.17, 15) is 4.21 Å². The molecule has 0 aliphatic rings. The van der Waals surface area contributed by atoms with Crippen molar-refractivity contribution in [2.45, 2.75) is 39.0 Å². The van der Waals surface area contributed by atoms with Crippen molar-refractivity contribution in [3.63, 3.8) is 0 Å². The molecule has 0 aromatic carbocycles. The fourth-order valence-corrected chi connectivity index (χ4v) is 5.06. The van der Waals surface area contributed by atoms with Crippen molar-refractivity contribution in [3.8, 4) is 0 Å². The van der Waals surface area contributed by atoms with Crippen molar-refractivity contribution < 1.29 is 8.76 Å². The van der Waals surface area contributed by atoms with Gasteiger partial charge in [0.05, 0.1) is 0 Å². The van der Waals surface area contributed by atoms with Crippen LogP contribution in [-0.4, -0.2) is 26.3 Å². The van der Waals surface area contributed by atoms with Gasteiger partial charge in [0.2, 0.25) is 0 Å². The van der Waals surface area contributed by atoms with Crippen LogP contribution < -0.4 is 0 Å². The molecular formula is C7H18NO2PS. The van der Waals surface area contributed by atoms with E-state index in [4.69, 9.17) is 4.55 Å². The summed E-state index contributed by atoms with van der Waals surface area (Å²) in [6, 6.07) is 0. The number of hydrogen-bond acceptors (Lipinski definition) is 2. The Morgan fingerprint density at radius 1 is 1.25 bits per heavy atom. The van der Waals surface area contributed by atoms with Crippen LogP contribution in [0.5, 0.6) is 0 Å². The van der Waals surface area contributed by atoms with Crippen LogP contribution in [0.2, 0.25) is 0 Å². The second-order valence-electron chi connectivity index (χ2n) is 3.41. The van der Waals surface area contributed by atoms with E-state index in [1.165, 1.54) is 6.26 Å². The molecule has 0 aromatic rings. The summed E-state index contributed by atoms with van der Waals surface area (Å²) in [7, 11) is -3.58. The molecule has 3 nitrogen and oxygen atoms in total. The van der Waals surface area contributed by atoms with E-state index in [-0.39, 0.29) is 0 Å². The first-order valence-corrected chi connectivity index (χ1v) is 7.28. The maximum Gasteiger partial charge on any atom is 0.161 e. The van der Waals surface area contributed by atoms with Crippen LogP contribution in [0.4, 0.5) is 0 Å². The molecule has 12 heavy (non-hydrogen) atoms. The summed E-state index contributed by atoms with van der Waals surface area (Å²) < 4.78 is 24.0. The maximum atomic E-state index is 11.0. The smallest absolute Gasteiger partial charge is 0.161 e. The summed E-state index contributed by atoms with van der Waals surface area (Å²) in [4.78, 5) is 0. The third kappa shape index (κ3) is 5.07. The first-order chi connectivity index (χ1) is 5.24. The van der Waals surface area contributed by atoms with Gasteiger partial charge >= 0.3 is 0 Å². The average Bonchev–Trinajstić information content (AvgIpc) is 1.79. The van der Waals surface area contributed by atoms with Crippen LogP contribution in [-0.2, 0) is 10.0 Å². The van der Waals surface area contributed by atoms with Gasteiger partial charge < -0.3 is 4.55 Å². The van der Waals surface area contributed by atoms with Crippen LogP contribution >= 0.6 is 8.07 Å². The molecule has 0 bridgehead atoms. The highest BCUT2D eigenvalue weighted by atomic mass is 32.2. The first-order valence-electron chi connectivity index (χ1n) is 3.97. The Balaban J connectivity index is 4.68. The van der Waals surface area contributed by atoms with Gasteiger partial charge in [0, 0.05) is 14.3 Å². The summed E-state index contributed by atoms with van der Waals surface area (Å²) in [5.41, 5.74) is 0.765. The Kier molecular flexibility index (Phi) is 4.67. The molecule has 1 unspecified atom stereocenters. The van der Waals surface area contributed by atoms with Gasteiger partial charge in [-0.05, 0) is 11.3 Å². The molecule has 74 valence electrons. The van der Waals surface area contributed by atoms with Crippen LogP contribution in [0.3, 0.4) is 0 Å². The summed E-state index contributed by atoms with van der Waals surface area (Å²) in [5, 5.41) is 0. The molecule has 0 rings (SSSR count). The Hall–Kier alpha value is 0.340. The van der Waals surface area contributed by atoms with Gasteiger partial charge in [0.25, 0.3) is 0 Å². The Labute approximate surface area is 76.8 Å². The lowest BCUT2D eigenvalue weighted by atomic mass is 10.5. The molecular weight excluding hydrogens is 193 g/mol. The molecule has 1 N–H and O–H groups in total. The molecule has 1 atom stereocenters. The van der Waals surface area contributed by atoms with Crippen LogP contribution in [0, 0.1) is 0 Å². The number of rotatable bonds is 3. The lowest BCUT2D eigenvalue weighted by Crippen LogP contribution is -2.03. The molecule has 0 saturated heterocycles. The molecule has 0 heterocycles. The van der Waals surface area contributed by atoms with Gasteiger partial charge in [-0.2, -0.15) is 4.13 Å². The third-order valence-electron chi connectivity index (χ3n) is 1.30. The standard InChI is InChI=1S/C7H18NO2PS/c1-6(2)11(7(3)4)8-12(5,9)10/h6-7H,1-5H3,(H,8,9,10). The molecule has 0 aromatic heterocycles. The molecule has 0 spiro atoms. The van der Waals surface area contributed by atoms with E-state index in [2.05, 4.69) is 4.13 Å². The fraction of sp³-hybridized carbons (Fsp3) is 1.00. The molecule has 5 heteroatoms. The predicted octanol–water partition coefficient (Wildman–Crippen LogP) is 2.77. The molecule has 0 amide bonds. The van der Waals surface area contributed by atoms with Crippen molar-refractivity contribution in [2.75, 3.05) is 6.26 Å². The Morgan fingerprint density at radius 2 is 1.58 bits per heavy atom. The van der Waals surface area contributed by atoms with E-state index >= 15 is 0 Å². The minimum Gasteiger partial charge on any atom is -0.300 e. The largest absolute Gasteiger partial charge is 0.300 e. The molecule has 0 aliphatic heterocycles. The monoisotopic (exact) mass is 211 g/mol. The zero-order valence-electron chi connectivity index (χ0n) is 8.31. The zero-order valence-corrected chi connectivity index (χ0v) is 10.0. The van der Waals surface area contributed by atoms with E-state index in [0.29, 0.717) is 11.3 Å². The fourth-order valence-electron chi connectivity index (χ4n) is 0.960. The highest BCUT2D eigenvalue weighted by molar-refractivity contribution is 7.91. The highest BCUT2D eigenvalue weighted by Gasteiger charge is 2.17. The van der Waals surface area contributed by atoms with Gasteiger partial charge in [0.15, 0.2) is 10.0 Å². The molecule has 0 aliphatic carbocycles. The second-order valence-corrected chi connectivity index (χ2v) is 8.42. The minimum atomic E-state index is -2.91. The van der Waals surface area contributed by atoms with Crippen molar-refractivity contribution in [2.24, 2.45) is 4.13 Å². The first kappa shape index (κ1) is 12.3. The Bertz CT molecular complexity index is 228. The Morgan fingerprint density at radius 3 is 1.67 bits per heavy atom. The topological polar surface area (TPSA) is 49.7 Å². The summed E-state index contributed by atoms with van der Waals surface area (Å²) >= 11 is 0. The van der Waals surface area contributed by atoms with E-state index in [0.717, 1.165) is 0 Å². The van der Waals surface area contributed by atoms with Gasteiger partial charge in [0.1, 0.15) is 0 Å². The van der Waals surface area contributed by atoms with Gasteiger partial charge in [-0.25, -0.2) is 4.21 Å². The zero-order chi connectivity index (χ0) is 9.94. The minimum absolute atomic E-state index is 0.382. The normalized spacial score (nSPS) is 17.1. The second kappa shape index (κ2) is 4.54. The predicted molar refractivity (Wildman–Crippen MR) is 56.3 cm³/mol.